The minimum absolute atomic E-state index is 0.0850. The van der Waals surface area contributed by atoms with Crippen molar-refractivity contribution in [3.05, 3.63) is 65.4 Å². The minimum atomic E-state index is -1.23. The van der Waals surface area contributed by atoms with E-state index in [4.69, 9.17) is 4.74 Å². The molecule has 2 rings (SSSR count). The zero-order valence-electron chi connectivity index (χ0n) is 12.8. The highest BCUT2D eigenvalue weighted by molar-refractivity contribution is 6.14. The summed E-state index contributed by atoms with van der Waals surface area (Å²) in [6.07, 6.45) is 1.45. The summed E-state index contributed by atoms with van der Waals surface area (Å²) in [7, 11) is 1.56. The fourth-order valence-electron chi connectivity index (χ4n) is 2.24. The van der Waals surface area contributed by atoms with Crippen molar-refractivity contribution in [1.29, 1.82) is 0 Å². The van der Waals surface area contributed by atoms with Crippen LogP contribution in [0.25, 0.3) is 5.57 Å². The van der Waals surface area contributed by atoms with E-state index in [0.717, 1.165) is 16.8 Å². The van der Waals surface area contributed by atoms with Crippen LogP contribution in [0.5, 0.6) is 5.75 Å². The predicted octanol–water partition coefficient (Wildman–Crippen LogP) is 2.51. The molecular formula is C18H18NO3-. The van der Waals surface area contributed by atoms with Gasteiger partial charge in [0.15, 0.2) is 0 Å². The van der Waals surface area contributed by atoms with E-state index >= 15 is 0 Å². The van der Waals surface area contributed by atoms with Gasteiger partial charge in [0.2, 0.25) is 0 Å². The van der Waals surface area contributed by atoms with E-state index in [-0.39, 0.29) is 5.57 Å². The highest BCUT2D eigenvalue weighted by Gasteiger charge is 2.04. The number of carboxylic acid groups (broad SMARTS) is 1. The molecule has 2 aromatic rings. The highest BCUT2D eigenvalue weighted by atomic mass is 16.5. The average molecular weight is 296 g/mol. The van der Waals surface area contributed by atoms with Gasteiger partial charge < -0.3 is 20.0 Å². The summed E-state index contributed by atoms with van der Waals surface area (Å²) in [5.41, 5.74) is 3.69. The van der Waals surface area contributed by atoms with Crippen LogP contribution in [0.1, 0.15) is 16.7 Å². The largest absolute Gasteiger partial charge is 0.545 e. The van der Waals surface area contributed by atoms with Crippen LogP contribution in [0, 0.1) is 13.8 Å². The number of hydrogen-bond acceptors (Lipinski definition) is 4. The Balaban J connectivity index is 2.28. The molecule has 0 radical (unpaired) electrons. The molecule has 0 spiro atoms. The van der Waals surface area contributed by atoms with Crippen molar-refractivity contribution in [2.24, 2.45) is 0 Å². The molecule has 0 aliphatic carbocycles. The lowest BCUT2D eigenvalue weighted by Gasteiger charge is -2.11. The molecule has 0 bridgehead atoms. The molecule has 0 atom stereocenters. The SMILES string of the molecule is COc1ccc(/C(=C/Nc2cc(C)cc(C)c2)C(=O)[O-])cc1. The molecule has 4 nitrogen and oxygen atoms in total. The molecule has 2 aromatic carbocycles. The average Bonchev–Trinajstić information content (AvgIpc) is 2.47. The number of anilines is 1. The quantitative estimate of drug-likeness (QED) is 0.861. The summed E-state index contributed by atoms with van der Waals surface area (Å²) in [5, 5.41) is 14.4. The fraction of sp³-hybridized carbons (Fsp3) is 0.167. The summed E-state index contributed by atoms with van der Waals surface area (Å²) in [4.78, 5) is 11.4. The number of methoxy groups -OCH3 is 1. The molecule has 0 heterocycles. The number of nitrogens with one attached hydrogen (secondary N) is 1. The third kappa shape index (κ3) is 3.88. The van der Waals surface area contributed by atoms with Gasteiger partial charge in [-0.25, -0.2) is 0 Å². The van der Waals surface area contributed by atoms with Crippen molar-refractivity contribution in [2.45, 2.75) is 13.8 Å². The number of hydrogen-bond donors (Lipinski definition) is 1. The first-order chi connectivity index (χ1) is 10.5. The van der Waals surface area contributed by atoms with Crippen LogP contribution >= 0.6 is 0 Å². The molecule has 1 N–H and O–H groups in total. The first-order valence-electron chi connectivity index (χ1n) is 6.90. The van der Waals surface area contributed by atoms with Gasteiger partial charge in [0.25, 0.3) is 0 Å². The van der Waals surface area contributed by atoms with Crippen molar-refractivity contribution in [2.75, 3.05) is 12.4 Å². The van der Waals surface area contributed by atoms with Crippen LogP contribution in [0.15, 0.2) is 48.7 Å². The summed E-state index contributed by atoms with van der Waals surface area (Å²) >= 11 is 0. The Kier molecular flexibility index (Phi) is 4.84. The van der Waals surface area contributed by atoms with Gasteiger partial charge in [0, 0.05) is 17.5 Å². The van der Waals surface area contributed by atoms with Crippen LogP contribution in [0.3, 0.4) is 0 Å². The van der Waals surface area contributed by atoms with Crippen molar-refractivity contribution in [3.63, 3.8) is 0 Å². The van der Waals surface area contributed by atoms with Crippen LogP contribution in [-0.4, -0.2) is 13.1 Å². The molecule has 4 heteroatoms. The van der Waals surface area contributed by atoms with Gasteiger partial charge in [-0.3, -0.25) is 0 Å². The van der Waals surface area contributed by atoms with Crippen molar-refractivity contribution in [1.82, 2.24) is 0 Å². The second kappa shape index (κ2) is 6.80. The Labute approximate surface area is 130 Å². The zero-order valence-corrected chi connectivity index (χ0v) is 12.8. The van der Waals surface area contributed by atoms with E-state index in [1.54, 1.807) is 31.4 Å². The molecule has 0 aliphatic heterocycles. The molecule has 0 unspecified atom stereocenters. The van der Waals surface area contributed by atoms with E-state index in [1.807, 2.05) is 26.0 Å². The van der Waals surface area contributed by atoms with Gasteiger partial charge in [-0.1, -0.05) is 18.2 Å². The van der Waals surface area contributed by atoms with Gasteiger partial charge in [0.05, 0.1) is 13.1 Å². The maximum Gasteiger partial charge on any atom is 0.118 e. The topological polar surface area (TPSA) is 61.4 Å². The van der Waals surface area contributed by atoms with Gasteiger partial charge in [-0.05, 0) is 54.8 Å². The van der Waals surface area contributed by atoms with Gasteiger partial charge in [0.1, 0.15) is 5.75 Å². The molecule has 0 amide bonds. The van der Waals surface area contributed by atoms with Crippen LogP contribution in [-0.2, 0) is 4.79 Å². The Morgan fingerprint density at radius 1 is 1.09 bits per heavy atom. The van der Waals surface area contributed by atoms with Crippen LogP contribution < -0.4 is 15.2 Å². The first kappa shape index (κ1) is 15.6. The number of carbonyl (C=O) groups is 1. The Morgan fingerprint density at radius 3 is 2.18 bits per heavy atom. The molecule has 114 valence electrons. The maximum absolute atomic E-state index is 11.4. The van der Waals surface area contributed by atoms with Crippen molar-refractivity contribution < 1.29 is 14.6 Å². The predicted molar refractivity (Wildman–Crippen MR) is 85.5 cm³/mol. The summed E-state index contributed by atoms with van der Waals surface area (Å²) < 4.78 is 5.07. The van der Waals surface area contributed by atoms with E-state index in [2.05, 4.69) is 11.4 Å². The smallest absolute Gasteiger partial charge is 0.118 e. The number of carbonyl (C=O) groups excluding carboxylic acids is 1. The van der Waals surface area contributed by atoms with Gasteiger partial charge in [-0.15, -0.1) is 0 Å². The monoisotopic (exact) mass is 296 g/mol. The normalized spacial score (nSPS) is 11.1. The Hall–Kier alpha value is -2.75. The first-order valence-corrected chi connectivity index (χ1v) is 6.90. The van der Waals surface area contributed by atoms with E-state index in [9.17, 15) is 9.90 Å². The lowest BCUT2D eigenvalue weighted by atomic mass is 10.1. The number of benzene rings is 2. The van der Waals surface area contributed by atoms with Gasteiger partial charge >= 0.3 is 0 Å². The number of rotatable bonds is 5. The summed E-state index contributed by atoms with van der Waals surface area (Å²) in [5.74, 6) is -0.564. The third-order valence-corrected chi connectivity index (χ3v) is 3.23. The fourth-order valence-corrected chi connectivity index (χ4v) is 2.24. The van der Waals surface area contributed by atoms with Crippen molar-refractivity contribution in [3.8, 4) is 5.75 Å². The van der Waals surface area contributed by atoms with E-state index in [0.29, 0.717) is 11.3 Å². The molecular weight excluding hydrogens is 278 g/mol. The standard InChI is InChI=1S/C18H19NO3/c1-12-8-13(2)10-15(9-12)19-11-17(18(20)21)14-4-6-16(22-3)7-5-14/h4-11,19H,1-3H3,(H,20,21)/p-1/b17-11-. The van der Waals surface area contributed by atoms with E-state index < -0.39 is 5.97 Å². The molecule has 0 aliphatic rings. The maximum atomic E-state index is 11.4. The van der Waals surface area contributed by atoms with Crippen LogP contribution in [0.2, 0.25) is 0 Å². The second-order valence-corrected chi connectivity index (χ2v) is 5.09. The van der Waals surface area contributed by atoms with Gasteiger partial charge in [-0.2, -0.15) is 0 Å². The Morgan fingerprint density at radius 2 is 1.68 bits per heavy atom. The number of aliphatic carboxylic acids is 1. The molecule has 0 fully saturated rings. The van der Waals surface area contributed by atoms with Crippen molar-refractivity contribution >= 4 is 17.2 Å². The van der Waals surface area contributed by atoms with E-state index in [1.165, 1.54) is 6.20 Å². The molecule has 0 saturated heterocycles. The highest BCUT2D eigenvalue weighted by Crippen LogP contribution is 2.20. The number of aryl methyl sites for hydroxylation is 2. The molecule has 0 aromatic heterocycles. The summed E-state index contributed by atoms with van der Waals surface area (Å²) in [6.45, 7) is 3.98. The van der Waals surface area contributed by atoms with Crippen LogP contribution in [0.4, 0.5) is 5.69 Å². The Bertz CT molecular complexity index is 683. The lowest BCUT2D eigenvalue weighted by molar-refractivity contribution is -0.295. The minimum Gasteiger partial charge on any atom is -0.545 e. The lowest BCUT2D eigenvalue weighted by Crippen LogP contribution is -2.24. The summed E-state index contributed by atoms with van der Waals surface area (Å²) in [6, 6.07) is 12.7. The third-order valence-electron chi connectivity index (χ3n) is 3.23. The number of carboxylic acids is 1. The molecule has 22 heavy (non-hydrogen) atoms. The molecule has 0 saturated carbocycles. The second-order valence-electron chi connectivity index (χ2n) is 5.09. The number of ether oxygens (including phenoxy) is 1. The zero-order chi connectivity index (χ0) is 16.1.